The molecule has 7 heteroatoms. The fourth-order valence-corrected chi connectivity index (χ4v) is 2.29. The molecule has 0 aliphatic rings. The molecule has 19 heavy (non-hydrogen) atoms. The summed E-state index contributed by atoms with van der Waals surface area (Å²) in [6.07, 6.45) is 0. The monoisotopic (exact) mass is 285 g/mol. The maximum Gasteiger partial charge on any atom is 0.321 e. The lowest BCUT2D eigenvalue weighted by atomic mass is 10.2. The van der Waals surface area contributed by atoms with Gasteiger partial charge in [0.15, 0.2) is 0 Å². The Bertz CT molecular complexity index is 522. The number of nitrogens with two attached hydrogens (primary N) is 1. The van der Waals surface area contributed by atoms with Gasteiger partial charge >= 0.3 is 6.03 Å². The molecule has 0 unspecified atom stereocenters. The van der Waals surface area contributed by atoms with Crippen LogP contribution in [0.5, 0.6) is 0 Å². The van der Waals surface area contributed by atoms with E-state index in [-0.39, 0.29) is 11.8 Å². The van der Waals surface area contributed by atoms with Crippen molar-refractivity contribution in [3.8, 4) is 0 Å². The summed E-state index contributed by atoms with van der Waals surface area (Å²) in [5.41, 5.74) is 1.21. The Morgan fingerprint density at radius 2 is 1.74 bits per heavy atom. The van der Waals surface area contributed by atoms with Gasteiger partial charge in [-0.1, -0.05) is 12.1 Å². The Morgan fingerprint density at radius 1 is 1.21 bits per heavy atom. The van der Waals surface area contributed by atoms with E-state index in [4.69, 9.17) is 5.14 Å². The quantitative estimate of drug-likeness (QED) is 0.855. The van der Waals surface area contributed by atoms with Crippen LogP contribution in [-0.2, 0) is 15.8 Å². The van der Waals surface area contributed by atoms with E-state index in [0.717, 1.165) is 0 Å². The highest BCUT2D eigenvalue weighted by Gasteiger charge is 2.09. The lowest BCUT2D eigenvalue weighted by Crippen LogP contribution is -2.34. The number of nitrogens with zero attached hydrogens (tertiary/aromatic N) is 1. The number of anilines is 1. The summed E-state index contributed by atoms with van der Waals surface area (Å²) in [4.78, 5) is 13.4. The molecule has 3 N–H and O–H groups in total. The van der Waals surface area contributed by atoms with Crippen LogP contribution < -0.4 is 10.5 Å². The van der Waals surface area contributed by atoms with Crippen molar-refractivity contribution in [1.29, 1.82) is 0 Å². The molecule has 0 aliphatic carbocycles. The predicted molar refractivity (Wildman–Crippen MR) is 75.2 cm³/mol. The van der Waals surface area contributed by atoms with Crippen LogP contribution in [0.2, 0.25) is 0 Å². The molecule has 0 aromatic heterocycles. The molecule has 0 radical (unpaired) electrons. The van der Waals surface area contributed by atoms with Crippen molar-refractivity contribution in [1.82, 2.24) is 4.90 Å². The third-order valence-electron chi connectivity index (χ3n) is 2.62. The third-order valence-corrected chi connectivity index (χ3v) is 3.36. The van der Waals surface area contributed by atoms with E-state index in [1.807, 2.05) is 13.8 Å². The van der Waals surface area contributed by atoms with Crippen molar-refractivity contribution >= 4 is 21.7 Å². The smallest absolute Gasteiger partial charge is 0.321 e. The average molecular weight is 285 g/mol. The first kappa shape index (κ1) is 15.5. The molecule has 0 aliphatic heterocycles. The Morgan fingerprint density at radius 3 is 2.16 bits per heavy atom. The van der Waals surface area contributed by atoms with Crippen molar-refractivity contribution in [2.75, 3.05) is 18.4 Å². The number of sulfonamides is 1. The van der Waals surface area contributed by atoms with Gasteiger partial charge in [-0.2, -0.15) is 0 Å². The molecule has 0 atom stereocenters. The molecule has 0 saturated carbocycles. The zero-order valence-corrected chi connectivity index (χ0v) is 11.9. The Hall–Kier alpha value is -1.60. The van der Waals surface area contributed by atoms with Crippen molar-refractivity contribution in [3.63, 3.8) is 0 Å². The molecule has 0 spiro atoms. The lowest BCUT2D eigenvalue weighted by molar-refractivity contribution is 0.217. The Kier molecular flexibility index (Phi) is 5.31. The number of primary sulfonamides is 1. The SMILES string of the molecule is CCN(CC)C(=O)Nc1ccc(CS(N)(=O)=O)cc1. The first-order valence-electron chi connectivity index (χ1n) is 6.01. The average Bonchev–Trinajstić information content (AvgIpc) is 2.31. The molecular weight excluding hydrogens is 266 g/mol. The molecule has 106 valence electrons. The van der Waals surface area contributed by atoms with Gasteiger partial charge in [-0.15, -0.1) is 0 Å². The summed E-state index contributed by atoms with van der Waals surface area (Å²) in [6.45, 7) is 5.06. The van der Waals surface area contributed by atoms with Crippen molar-refractivity contribution in [3.05, 3.63) is 29.8 Å². The molecule has 2 amide bonds. The van der Waals surface area contributed by atoms with E-state index >= 15 is 0 Å². The van der Waals surface area contributed by atoms with Gasteiger partial charge in [-0.25, -0.2) is 18.4 Å². The molecule has 0 fully saturated rings. The van der Waals surface area contributed by atoms with Crippen molar-refractivity contribution in [2.45, 2.75) is 19.6 Å². The van der Waals surface area contributed by atoms with Gasteiger partial charge in [0, 0.05) is 18.8 Å². The van der Waals surface area contributed by atoms with E-state index in [9.17, 15) is 13.2 Å². The topological polar surface area (TPSA) is 92.5 Å². The second-order valence-electron chi connectivity index (χ2n) is 4.11. The zero-order valence-electron chi connectivity index (χ0n) is 11.1. The summed E-state index contributed by atoms with van der Waals surface area (Å²) in [5, 5.41) is 7.70. The molecule has 1 rings (SSSR count). The standard InChI is InChI=1S/C12H19N3O3S/c1-3-15(4-2)12(16)14-11-7-5-10(6-8-11)9-19(13,17)18/h5-8H,3-4,9H2,1-2H3,(H,14,16)(H2,13,17,18). The minimum Gasteiger partial charge on any atom is -0.325 e. The van der Waals surface area contributed by atoms with Gasteiger partial charge in [-0.3, -0.25) is 0 Å². The van der Waals surface area contributed by atoms with Crippen LogP contribution in [0.3, 0.4) is 0 Å². The van der Waals surface area contributed by atoms with Gasteiger partial charge in [-0.05, 0) is 31.5 Å². The maximum atomic E-state index is 11.8. The summed E-state index contributed by atoms with van der Waals surface area (Å²) in [6, 6.07) is 6.39. The number of carbonyl (C=O) groups excluding carboxylic acids is 1. The summed E-state index contributed by atoms with van der Waals surface area (Å²) < 4.78 is 21.9. The van der Waals surface area contributed by atoms with Crippen LogP contribution >= 0.6 is 0 Å². The second-order valence-corrected chi connectivity index (χ2v) is 5.72. The van der Waals surface area contributed by atoms with Gasteiger partial charge in [0.25, 0.3) is 0 Å². The number of hydrogen-bond donors (Lipinski definition) is 2. The minimum atomic E-state index is -3.53. The van der Waals surface area contributed by atoms with E-state index in [1.165, 1.54) is 0 Å². The fourth-order valence-electron chi connectivity index (χ4n) is 1.63. The molecule has 1 aromatic rings. The van der Waals surface area contributed by atoms with E-state index < -0.39 is 10.0 Å². The van der Waals surface area contributed by atoms with Crippen LogP contribution in [-0.4, -0.2) is 32.4 Å². The molecule has 1 aromatic carbocycles. The van der Waals surface area contributed by atoms with Crippen LogP contribution in [0.1, 0.15) is 19.4 Å². The van der Waals surface area contributed by atoms with Crippen LogP contribution in [0.4, 0.5) is 10.5 Å². The minimum absolute atomic E-state index is 0.177. The first-order chi connectivity index (χ1) is 8.85. The van der Waals surface area contributed by atoms with Crippen LogP contribution in [0.15, 0.2) is 24.3 Å². The van der Waals surface area contributed by atoms with E-state index in [1.54, 1.807) is 29.2 Å². The fraction of sp³-hybridized carbons (Fsp3) is 0.417. The first-order valence-corrected chi connectivity index (χ1v) is 7.72. The predicted octanol–water partition coefficient (Wildman–Crippen LogP) is 1.35. The normalized spacial score (nSPS) is 11.1. The van der Waals surface area contributed by atoms with Gasteiger partial charge in [0.1, 0.15) is 0 Å². The molecule has 0 saturated heterocycles. The molecule has 6 nitrogen and oxygen atoms in total. The van der Waals surface area contributed by atoms with Crippen LogP contribution in [0.25, 0.3) is 0 Å². The van der Waals surface area contributed by atoms with Crippen molar-refractivity contribution < 1.29 is 13.2 Å². The highest BCUT2D eigenvalue weighted by atomic mass is 32.2. The number of amides is 2. The summed E-state index contributed by atoms with van der Waals surface area (Å²) in [7, 11) is -3.53. The highest BCUT2D eigenvalue weighted by Crippen LogP contribution is 2.12. The number of rotatable bonds is 5. The lowest BCUT2D eigenvalue weighted by Gasteiger charge is -2.19. The number of nitrogens with one attached hydrogen (secondary N) is 1. The van der Waals surface area contributed by atoms with Crippen molar-refractivity contribution in [2.24, 2.45) is 5.14 Å². The summed E-state index contributed by atoms with van der Waals surface area (Å²) in [5.74, 6) is -0.211. The van der Waals surface area contributed by atoms with Gasteiger partial charge in [0.2, 0.25) is 10.0 Å². The number of urea groups is 1. The highest BCUT2D eigenvalue weighted by molar-refractivity contribution is 7.88. The third kappa shape index (κ3) is 5.27. The largest absolute Gasteiger partial charge is 0.325 e. The molecular formula is C12H19N3O3S. The van der Waals surface area contributed by atoms with Gasteiger partial charge in [0.05, 0.1) is 5.75 Å². The van der Waals surface area contributed by atoms with Gasteiger partial charge < -0.3 is 10.2 Å². The second kappa shape index (κ2) is 6.53. The van der Waals surface area contributed by atoms with Crippen LogP contribution in [0, 0.1) is 0 Å². The maximum absolute atomic E-state index is 11.8. The van der Waals surface area contributed by atoms with E-state index in [0.29, 0.717) is 24.3 Å². The zero-order chi connectivity index (χ0) is 14.5. The number of carbonyl (C=O) groups is 1. The molecule has 0 bridgehead atoms. The Labute approximate surface area is 113 Å². The van der Waals surface area contributed by atoms with E-state index in [2.05, 4.69) is 5.32 Å². The number of hydrogen-bond acceptors (Lipinski definition) is 3. The molecule has 0 heterocycles. The summed E-state index contributed by atoms with van der Waals surface area (Å²) >= 11 is 0. The Balaban J connectivity index is 2.69. The number of benzene rings is 1.